The lowest BCUT2D eigenvalue weighted by Gasteiger charge is -2.53. The molecule has 0 aromatic heterocycles. The van der Waals surface area contributed by atoms with Gasteiger partial charge >= 0.3 is 0 Å². The van der Waals surface area contributed by atoms with Gasteiger partial charge in [0.1, 0.15) is 0 Å². The Morgan fingerprint density at radius 3 is 2.71 bits per heavy atom. The Balaban J connectivity index is 1.59. The van der Waals surface area contributed by atoms with Crippen molar-refractivity contribution in [2.24, 2.45) is 5.41 Å². The van der Waals surface area contributed by atoms with Crippen molar-refractivity contribution >= 4 is 5.91 Å². The van der Waals surface area contributed by atoms with Gasteiger partial charge in [0.05, 0.1) is 6.61 Å². The normalized spacial score (nSPS) is 27.8. The van der Waals surface area contributed by atoms with Gasteiger partial charge in [0.25, 0.3) is 0 Å². The van der Waals surface area contributed by atoms with Gasteiger partial charge in [-0.15, -0.1) is 0 Å². The maximum atomic E-state index is 12.7. The van der Waals surface area contributed by atoms with E-state index in [0.717, 1.165) is 45.3 Å². The molecule has 2 saturated heterocycles. The molecule has 4 nitrogen and oxygen atoms in total. The van der Waals surface area contributed by atoms with Crippen LogP contribution in [-0.2, 0) is 11.2 Å². The lowest BCUT2D eigenvalue weighted by Crippen LogP contribution is -2.62. The average molecular weight is 330 g/mol. The average Bonchev–Trinajstić information content (AvgIpc) is 2.61. The SMILES string of the molecule is Cc1ccc(CCC(=O)N2CC[C@@]3(CO)CCCN(C)[C@@H]3C2)cc1. The predicted octanol–water partition coefficient (Wildman–Crippen LogP) is 2.23. The molecule has 0 radical (unpaired) electrons. The lowest BCUT2D eigenvalue weighted by molar-refractivity contribution is -0.139. The summed E-state index contributed by atoms with van der Waals surface area (Å²) in [5, 5.41) is 9.96. The van der Waals surface area contributed by atoms with E-state index in [1.54, 1.807) is 0 Å². The first-order valence-electron chi connectivity index (χ1n) is 9.18. The van der Waals surface area contributed by atoms with E-state index in [1.807, 2.05) is 4.90 Å². The first kappa shape index (κ1) is 17.4. The molecule has 0 unspecified atom stereocenters. The molecule has 2 heterocycles. The first-order valence-corrected chi connectivity index (χ1v) is 9.18. The number of aliphatic hydroxyl groups excluding tert-OH is 1. The third kappa shape index (κ3) is 3.50. The van der Waals surface area contributed by atoms with E-state index in [1.165, 1.54) is 11.1 Å². The fourth-order valence-electron chi connectivity index (χ4n) is 4.41. The largest absolute Gasteiger partial charge is 0.396 e. The van der Waals surface area contributed by atoms with Gasteiger partial charge in [-0.2, -0.15) is 0 Å². The quantitative estimate of drug-likeness (QED) is 0.921. The van der Waals surface area contributed by atoms with E-state index in [2.05, 4.69) is 43.1 Å². The van der Waals surface area contributed by atoms with Crippen LogP contribution in [0, 0.1) is 12.3 Å². The Morgan fingerprint density at radius 2 is 2.00 bits per heavy atom. The van der Waals surface area contributed by atoms with Crippen molar-refractivity contribution in [1.82, 2.24) is 9.80 Å². The van der Waals surface area contributed by atoms with E-state index in [0.29, 0.717) is 12.5 Å². The smallest absolute Gasteiger partial charge is 0.222 e. The molecule has 2 atom stereocenters. The molecule has 0 saturated carbocycles. The molecule has 132 valence electrons. The maximum absolute atomic E-state index is 12.7. The number of carbonyl (C=O) groups is 1. The zero-order chi connectivity index (χ0) is 17.2. The van der Waals surface area contributed by atoms with Crippen LogP contribution in [0.3, 0.4) is 0 Å². The zero-order valence-corrected chi connectivity index (χ0v) is 15.0. The summed E-state index contributed by atoms with van der Waals surface area (Å²) in [4.78, 5) is 17.0. The van der Waals surface area contributed by atoms with Gasteiger partial charge in [0.2, 0.25) is 5.91 Å². The van der Waals surface area contributed by atoms with Crippen LogP contribution in [0.15, 0.2) is 24.3 Å². The number of piperidine rings is 2. The Kier molecular flexibility index (Phi) is 5.26. The summed E-state index contributed by atoms with van der Waals surface area (Å²) in [6.45, 7) is 4.95. The number of rotatable bonds is 4. The number of amides is 1. The summed E-state index contributed by atoms with van der Waals surface area (Å²) in [5.41, 5.74) is 2.48. The number of fused-ring (bicyclic) bond motifs is 1. The van der Waals surface area contributed by atoms with Crippen LogP contribution in [0.4, 0.5) is 0 Å². The Morgan fingerprint density at radius 1 is 1.25 bits per heavy atom. The van der Waals surface area contributed by atoms with E-state index >= 15 is 0 Å². The number of aliphatic hydroxyl groups is 1. The van der Waals surface area contributed by atoms with Crippen molar-refractivity contribution in [3.8, 4) is 0 Å². The minimum atomic E-state index is 0.000731. The van der Waals surface area contributed by atoms with Crippen LogP contribution in [0.5, 0.6) is 0 Å². The molecule has 4 heteroatoms. The maximum Gasteiger partial charge on any atom is 0.222 e. The fraction of sp³-hybridized carbons (Fsp3) is 0.650. The van der Waals surface area contributed by atoms with Crippen molar-refractivity contribution < 1.29 is 9.90 Å². The number of likely N-dealkylation sites (tertiary alicyclic amines) is 2. The van der Waals surface area contributed by atoms with Crippen LogP contribution in [-0.4, -0.2) is 60.1 Å². The molecule has 24 heavy (non-hydrogen) atoms. The van der Waals surface area contributed by atoms with Crippen molar-refractivity contribution in [1.29, 1.82) is 0 Å². The minimum Gasteiger partial charge on any atom is -0.396 e. The molecule has 1 amide bonds. The molecular formula is C20H30N2O2. The lowest BCUT2D eigenvalue weighted by atomic mass is 9.69. The Labute approximate surface area is 145 Å². The van der Waals surface area contributed by atoms with Gasteiger partial charge in [-0.1, -0.05) is 29.8 Å². The van der Waals surface area contributed by atoms with E-state index in [-0.39, 0.29) is 17.9 Å². The minimum absolute atomic E-state index is 0.000731. The standard InChI is InChI=1S/C20H30N2O2/c1-16-4-6-17(7-5-16)8-9-19(24)22-13-11-20(15-23)10-3-12-21(2)18(20)14-22/h4-7,18,23H,3,8-15H2,1-2H3/t18-,20-/m1/s1. The summed E-state index contributed by atoms with van der Waals surface area (Å²) < 4.78 is 0. The third-order valence-corrected chi connectivity index (χ3v) is 6.11. The van der Waals surface area contributed by atoms with Crippen LogP contribution in [0.1, 0.15) is 36.8 Å². The van der Waals surface area contributed by atoms with Crippen molar-refractivity contribution in [2.75, 3.05) is 33.3 Å². The highest BCUT2D eigenvalue weighted by molar-refractivity contribution is 5.76. The highest BCUT2D eigenvalue weighted by Gasteiger charge is 2.47. The number of likely N-dealkylation sites (N-methyl/N-ethyl adjacent to an activating group) is 1. The summed E-state index contributed by atoms with van der Waals surface area (Å²) in [5.74, 6) is 0.251. The van der Waals surface area contributed by atoms with Crippen LogP contribution < -0.4 is 0 Å². The molecule has 1 N–H and O–H groups in total. The third-order valence-electron chi connectivity index (χ3n) is 6.11. The van der Waals surface area contributed by atoms with Crippen LogP contribution in [0.2, 0.25) is 0 Å². The van der Waals surface area contributed by atoms with Gasteiger partial charge in [-0.25, -0.2) is 0 Å². The van der Waals surface area contributed by atoms with E-state index < -0.39 is 0 Å². The topological polar surface area (TPSA) is 43.8 Å². The highest BCUT2D eigenvalue weighted by atomic mass is 16.3. The van der Waals surface area contributed by atoms with Gasteiger partial charge in [-0.05, 0) is 51.8 Å². The highest BCUT2D eigenvalue weighted by Crippen LogP contribution is 2.41. The van der Waals surface area contributed by atoms with E-state index in [9.17, 15) is 9.90 Å². The summed E-state index contributed by atoms with van der Waals surface area (Å²) in [6, 6.07) is 8.74. The molecular weight excluding hydrogens is 300 g/mol. The number of benzene rings is 1. The Bertz CT molecular complexity index is 572. The second-order valence-electron chi connectivity index (χ2n) is 7.70. The first-order chi connectivity index (χ1) is 11.5. The molecule has 2 aliphatic rings. The number of nitrogens with zero attached hydrogens (tertiary/aromatic N) is 2. The molecule has 2 fully saturated rings. The monoisotopic (exact) mass is 330 g/mol. The summed E-state index contributed by atoms with van der Waals surface area (Å²) in [7, 11) is 2.13. The molecule has 3 rings (SSSR count). The van der Waals surface area contributed by atoms with Crippen molar-refractivity contribution in [2.45, 2.75) is 45.1 Å². The summed E-state index contributed by atoms with van der Waals surface area (Å²) in [6.07, 6.45) is 4.54. The predicted molar refractivity (Wildman–Crippen MR) is 95.9 cm³/mol. The summed E-state index contributed by atoms with van der Waals surface area (Å²) >= 11 is 0. The van der Waals surface area contributed by atoms with Gasteiger partial charge < -0.3 is 14.9 Å². The number of aryl methyl sites for hydroxylation is 2. The second kappa shape index (κ2) is 7.24. The molecule has 2 aliphatic heterocycles. The molecule has 0 spiro atoms. The second-order valence-corrected chi connectivity index (χ2v) is 7.70. The van der Waals surface area contributed by atoms with E-state index in [4.69, 9.17) is 0 Å². The zero-order valence-electron chi connectivity index (χ0n) is 15.0. The molecule has 0 bridgehead atoms. The van der Waals surface area contributed by atoms with Gasteiger partial charge in [0, 0.05) is 31.0 Å². The van der Waals surface area contributed by atoms with Gasteiger partial charge in [0.15, 0.2) is 0 Å². The molecule has 0 aliphatic carbocycles. The van der Waals surface area contributed by atoms with Crippen LogP contribution in [0.25, 0.3) is 0 Å². The number of carbonyl (C=O) groups excluding carboxylic acids is 1. The molecule has 1 aromatic rings. The Hall–Kier alpha value is -1.39. The van der Waals surface area contributed by atoms with Crippen molar-refractivity contribution in [3.05, 3.63) is 35.4 Å². The number of hydrogen-bond acceptors (Lipinski definition) is 3. The molecule has 1 aromatic carbocycles. The van der Waals surface area contributed by atoms with Crippen molar-refractivity contribution in [3.63, 3.8) is 0 Å². The number of hydrogen-bond donors (Lipinski definition) is 1. The van der Waals surface area contributed by atoms with Crippen LogP contribution >= 0.6 is 0 Å². The van der Waals surface area contributed by atoms with Gasteiger partial charge in [-0.3, -0.25) is 4.79 Å². The fourth-order valence-corrected chi connectivity index (χ4v) is 4.41.